The topological polar surface area (TPSA) is 73.2 Å². The molecule has 0 saturated heterocycles. The maximum atomic E-state index is 11.3. The van der Waals surface area contributed by atoms with E-state index < -0.39 is 0 Å². The van der Waals surface area contributed by atoms with E-state index in [0.717, 1.165) is 17.7 Å². The Labute approximate surface area is 99.2 Å². The minimum Gasteiger partial charge on any atom is -0.408 e. The Morgan fingerprint density at radius 3 is 3.00 bits per heavy atom. The smallest absolute Gasteiger partial charge is 0.408 e. The highest BCUT2D eigenvalue weighted by molar-refractivity contribution is 5.77. The molecule has 5 nitrogen and oxygen atoms in total. The number of oxazole rings is 1. The predicted molar refractivity (Wildman–Crippen MR) is 68.2 cm³/mol. The number of aromatic nitrogens is 1. The van der Waals surface area contributed by atoms with Crippen LogP contribution >= 0.6 is 0 Å². The van der Waals surface area contributed by atoms with Crippen molar-refractivity contribution in [1.29, 1.82) is 0 Å². The van der Waals surface area contributed by atoms with Crippen molar-refractivity contribution >= 4 is 16.8 Å². The van der Waals surface area contributed by atoms with Crippen LogP contribution in [0.2, 0.25) is 0 Å². The highest BCUT2D eigenvalue weighted by atomic mass is 16.4. The van der Waals surface area contributed by atoms with Gasteiger partial charge >= 0.3 is 5.76 Å². The Morgan fingerprint density at radius 2 is 2.29 bits per heavy atom. The predicted octanol–water partition coefficient (Wildman–Crippen LogP) is 1.14. The number of benzene rings is 1. The summed E-state index contributed by atoms with van der Waals surface area (Å²) in [6.07, 6.45) is 0. The Bertz CT molecular complexity index is 571. The first-order valence-corrected chi connectivity index (χ1v) is 5.65. The first-order chi connectivity index (χ1) is 8.11. The van der Waals surface area contributed by atoms with E-state index in [1.807, 2.05) is 12.1 Å². The van der Waals surface area contributed by atoms with Crippen LogP contribution in [0.15, 0.2) is 27.4 Å². The van der Waals surface area contributed by atoms with Gasteiger partial charge in [-0.2, -0.15) is 0 Å². The number of nitrogens with zero attached hydrogens (tertiary/aromatic N) is 1. The van der Waals surface area contributed by atoms with E-state index in [0.29, 0.717) is 18.0 Å². The fraction of sp³-hybridized carbons (Fsp3) is 0.417. The van der Waals surface area contributed by atoms with Crippen LogP contribution in [0, 0.1) is 5.92 Å². The summed E-state index contributed by atoms with van der Waals surface area (Å²) in [6, 6.07) is 5.60. The van der Waals surface area contributed by atoms with Crippen LogP contribution in [0.1, 0.15) is 6.92 Å². The van der Waals surface area contributed by atoms with Gasteiger partial charge in [0.2, 0.25) is 0 Å². The summed E-state index contributed by atoms with van der Waals surface area (Å²) in [5, 5.41) is 3.29. The van der Waals surface area contributed by atoms with Gasteiger partial charge in [0.1, 0.15) is 0 Å². The van der Waals surface area contributed by atoms with Gasteiger partial charge in [-0.05, 0) is 30.7 Å². The molecule has 17 heavy (non-hydrogen) atoms. The second kappa shape index (κ2) is 4.63. The molecule has 0 aliphatic heterocycles. The zero-order valence-electron chi connectivity index (χ0n) is 10.1. The molecule has 0 saturated carbocycles. The molecule has 1 atom stereocenters. The molecule has 2 aromatic rings. The summed E-state index contributed by atoms with van der Waals surface area (Å²) < 4.78 is 6.55. The third kappa shape index (κ3) is 2.34. The molecular formula is C12H17N3O2. The monoisotopic (exact) mass is 235 g/mol. The van der Waals surface area contributed by atoms with Crippen LogP contribution in [0.5, 0.6) is 0 Å². The third-order valence-corrected chi connectivity index (χ3v) is 2.85. The van der Waals surface area contributed by atoms with Gasteiger partial charge in [0, 0.05) is 19.3 Å². The number of hydrogen-bond donors (Lipinski definition) is 2. The molecule has 0 spiro atoms. The lowest BCUT2D eigenvalue weighted by atomic mass is 10.2. The molecule has 0 amide bonds. The molecule has 0 aliphatic carbocycles. The highest BCUT2D eigenvalue weighted by Crippen LogP contribution is 2.17. The molecule has 3 N–H and O–H groups in total. The van der Waals surface area contributed by atoms with Gasteiger partial charge in [0.05, 0.1) is 5.52 Å². The lowest BCUT2D eigenvalue weighted by Gasteiger charge is -2.11. The molecule has 1 heterocycles. The molecule has 0 bridgehead atoms. The molecule has 0 aliphatic rings. The maximum Gasteiger partial charge on any atom is 0.419 e. The van der Waals surface area contributed by atoms with Gasteiger partial charge in [-0.25, -0.2) is 4.79 Å². The summed E-state index contributed by atoms with van der Waals surface area (Å²) >= 11 is 0. The maximum absolute atomic E-state index is 11.3. The summed E-state index contributed by atoms with van der Waals surface area (Å²) in [6.45, 7) is 3.55. The van der Waals surface area contributed by atoms with E-state index in [4.69, 9.17) is 10.2 Å². The fourth-order valence-electron chi connectivity index (χ4n) is 1.61. The summed E-state index contributed by atoms with van der Waals surface area (Å²) in [5.41, 5.74) is 7.92. The van der Waals surface area contributed by atoms with E-state index in [1.165, 1.54) is 4.57 Å². The van der Waals surface area contributed by atoms with E-state index in [2.05, 4.69) is 12.2 Å². The molecule has 0 fully saturated rings. The van der Waals surface area contributed by atoms with E-state index in [1.54, 1.807) is 13.1 Å². The molecular weight excluding hydrogens is 218 g/mol. The van der Waals surface area contributed by atoms with E-state index in [-0.39, 0.29) is 5.76 Å². The Morgan fingerprint density at radius 1 is 1.53 bits per heavy atom. The minimum atomic E-state index is -0.340. The number of anilines is 1. The van der Waals surface area contributed by atoms with E-state index in [9.17, 15) is 4.79 Å². The van der Waals surface area contributed by atoms with Crippen molar-refractivity contribution in [3.05, 3.63) is 28.7 Å². The van der Waals surface area contributed by atoms with Crippen LogP contribution in [0.3, 0.4) is 0 Å². The molecule has 5 heteroatoms. The molecule has 2 rings (SSSR count). The molecule has 1 unspecified atom stereocenters. The van der Waals surface area contributed by atoms with Gasteiger partial charge in [0.15, 0.2) is 5.58 Å². The van der Waals surface area contributed by atoms with Crippen molar-refractivity contribution in [2.24, 2.45) is 18.7 Å². The zero-order chi connectivity index (χ0) is 12.4. The lowest BCUT2D eigenvalue weighted by Crippen LogP contribution is -2.19. The SMILES string of the molecule is CC(CN)CNc1ccc2oc(=O)n(C)c2c1. The average molecular weight is 235 g/mol. The first kappa shape index (κ1) is 11.7. The van der Waals surface area contributed by atoms with Gasteiger partial charge in [-0.3, -0.25) is 4.57 Å². The van der Waals surface area contributed by atoms with Crippen molar-refractivity contribution in [2.75, 3.05) is 18.4 Å². The molecule has 92 valence electrons. The Kier molecular flexibility index (Phi) is 3.19. The van der Waals surface area contributed by atoms with Crippen molar-refractivity contribution < 1.29 is 4.42 Å². The summed E-state index contributed by atoms with van der Waals surface area (Å²) in [5.74, 6) is 0.0753. The number of rotatable bonds is 4. The fourth-order valence-corrected chi connectivity index (χ4v) is 1.61. The van der Waals surface area contributed by atoms with Crippen LogP contribution < -0.4 is 16.8 Å². The number of aryl methyl sites for hydroxylation is 1. The first-order valence-electron chi connectivity index (χ1n) is 5.65. The van der Waals surface area contributed by atoms with Gasteiger partial charge < -0.3 is 15.5 Å². The van der Waals surface area contributed by atoms with Crippen molar-refractivity contribution in [1.82, 2.24) is 4.57 Å². The van der Waals surface area contributed by atoms with Gasteiger partial charge in [-0.15, -0.1) is 0 Å². The van der Waals surface area contributed by atoms with Crippen LogP contribution in [0.4, 0.5) is 5.69 Å². The van der Waals surface area contributed by atoms with Gasteiger partial charge in [-0.1, -0.05) is 6.92 Å². The quantitative estimate of drug-likeness (QED) is 0.833. The number of nitrogens with two attached hydrogens (primary N) is 1. The number of hydrogen-bond acceptors (Lipinski definition) is 4. The second-order valence-electron chi connectivity index (χ2n) is 4.33. The largest absolute Gasteiger partial charge is 0.419 e. The van der Waals surface area contributed by atoms with Crippen molar-refractivity contribution in [2.45, 2.75) is 6.92 Å². The summed E-state index contributed by atoms with van der Waals surface area (Å²) in [4.78, 5) is 11.3. The van der Waals surface area contributed by atoms with Crippen LogP contribution in [-0.4, -0.2) is 17.7 Å². The molecule has 1 aromatic carbocycles. The average Bonchev–Trinajstić information content (AvgIpc) is 2.62. The third-order valence-electron chi connectivity index (χ3n) is 2.85. The van der Waals surface area contributed by atoms with Crippen LogP contribution in [0.25, 0.3) is 11.1 Å². The highest BCUT2D eigenvalue weighted by Gasteiger charge is 2.06. The van der Waals surface area contributed by atoms with Crippen LogP contribution in [-0.2, 0) is 7.05 Å². The van der Waals surface area contributed by atoms with Gasteiger partial charge in [0.25, 0.3) is 0 Å². The number of nitrogens with one attached hydrogen (secondary N) is 1. The van der Waals surface area contributed by atoms with E-state index >= 15 is 0 Å². The number of fused-ring (bicyclic) bond motifs is 1. The van der Waals surface area contributed by atoms with Crippen molar-refractivity contribution in [3.63, 3.8) is 0 Å². The van der Waals surface area contributed by atoms with Crippen molar-refractivity contribution in [3.8, 4) is 0 Å². The second-order valence-corrected chi connectivity index (χ2v) is 4.33. The Hall–Kier alpha value is -1.75. The lowest BCUT2D eigenvalue weighted by molar-refractivity contribution is 0.528. The normalized spacial score (nSPS) is 12.9. The zero-order valence-corrected chi connectivity index (χ0v) is 10.1. The molecule has 0 radical (unpaired) electrons. The summed E-state index contributed by atoms with van der Waals surface area (Å²) in [7, 11) is 1.69. The standard InChI is InChI=1S/C12H17N3O2/c1-8(6-13)7-14-9-3-4-11-10(5-9)15(2)12(16)17-11/h3-5,8,14H,6-7,13H2,1-2H3. The molecule has 1 aromatic heterocycles. The Balaban J connectivity index is 2.25. The minimum absolute atomic E-state index is 0.340.